The molecule has 2 aromatic rings. The van der Waals surface area contributed by atoms with E-state index >= 15 is 0 Å². The Morgan fingerprint density at radius 1 is 1.36 bits per heavy atom. The predicted molar refractivity (Wildman–Crippen MR) is 97.5 cm³/mol. The second-order valence-electron chi connectivity index (χ2n) is 6.66. The molecule has 0 saturated heterocycles. The zero-order chi connectivity index (χ0) is 18.0. The van der Waals surface area contributed by atoms with Crippen LogP contribution < -0.4 is 10.2 Å². The second kappa shape index (κ2) is 7.17. The van der Waals surface area contributed by atoms with E-state index in [1.807, 2.05) is 30.9 Å². The third-order valence-corrected chi connectivity index (χ3v) is 5.00. The fourth-order valence-corrected chi connectivity index (χ4v) is 3.45. The molecule has 1 atom stereocenters. The van der Waals surface area contributed by atoms with E-state index in [1.165, 1.54) is 11.3 Å². The van der Waals surface area contributed by atoms with Gasteiger partial charge in [0.05, 0.1) is 11.7 Å². The first-order valence-electron chi connectivity index (χ1n) is 8.76. The van der Waals surface area contributed by atoms with Crippen LogP contribution in [0.2, 0.25) is 0 Å². The third kappa shape index (κ3) is 3.48. The zero-order valence-electron chi connectivity index (χ0n) is 15.4. The summed E-state index contributed by atoms with van der Waals surface area (Å²) in [7, 11) is 2.09. The maximum absolute atomic E-state index is 12.9. The number of hydrogen-bond donors (Lipinski definition) is 1. The number of nitrogens with one attached hydrogen (secondary N) is 1. The number of benzene rings is 1. The average Bonchev–Trinajstić information content (AvgIpc) is 2.85. The molecule has 0 spiro atoms. The molecule has 2 heterocycles. The summed E-state index contributed by atoms with van der Waals surface area (Å²) in [6.07, 6.45) is 0.914. The van der Waals surface area contributed by atoms with Crippen molar-refractivity contribution in [2.75, 3.05) is 18.5 Å². The van der Waals surface area contributed by atoms with E-state index in [2.05, 4.69) is 41.5 Å². The summed E-state index contributed by atoms with van der Waals surface area (Å²) in [5.41, 5.74) is 4.15. The lowest BCUT2D eigenvalue weighted by molar-refractivity contribution is 0.171. The topological polar surface area (TPSA) is 61.6 Å². The largest absolute Gasteiger partial charge is 0.372 e. The summed E-state index contributed by atoms with van der Waals surface area (Å²) in [4.78, 5) is 17.1. The SMILES string of the molecule is CCC1CN(C)c2ccccc2CN1C(=O)NCc1c(C)noc1C. The summed E-state index contributed by atoms with van der Waals surface area (Å²) >= 11 is 0. The summed E-state index contributed by atoms with van der Waals surface area (Å²) in [5.74, 6) is 0.755. The van der Waals surface area contributed by atoms with Gasteiger partial charge in [-0.15, -0.1) is 0 Å². The minimum absolute atomic E-state index is 0.0445. The third-order valence-electron chi connectivity index (χ3n) is 5.00. The number of carbonyl (C=O) groups is 1. The van der Waals surface area contributed by atoms with Crippen molar-refractivity contribution in [1.82, 2.24) is 15.4 Å². The van der Waals surface area contributed by atoms with E-state index in [-0.39, 0.29) is 12.1 Å². The molecule has 1 aromatic heterocycles. The molecule has 1 aromatic carbocycles. The normalized spacial score (nSPS) is 17.2. The highest BCUT2D eigenvalue weighted by Crippen LogP contribution is 2.27. The average molecular weight is 342 g/mol. The molecular formula is C19H26N4O2. The van der Waals surface area contributed by atoms with Crippen LogP contribution in [-0.2, 0) is 13.1 Å². The van der Waals surface area contributed by atoms with Gasteiger partial charge in [0.25, 0.3) is 0 Å². The summed E-state index contributed by atoms with van der Waals surface area (Å²) in [6, 6.07) is 8.41. The van der Waals surface area contributed by atoms with Crippen molar-refractivity contribution in [3.63, 3.8) is 0 Å². The van der Waals surface area contributed by atoms with E-state index in [9.17, 15) is 4.79 Å². The van der Waals surface area contributed by atoms with Crippen LogP contribution in [0.15, 0.2) is 28.8 Å². The lowest BCUT2D eigenvalue weighted by Crippen LogP contribution is -2.47. The summed E-state index contributed by atoms with van der Waals surface area (Å²) < 4.78 is 5.17. The fourth-order valence-electron chi connectivity index (χ4n) is 3.45. The number of para-hydroxylation sites is 1. The molecule has 0 aliphatic carbocycles. The van der Waals surface area contributed by atoms with Crippen molar-refractivity contribution in [2.24, 2.45) is 0 Å². The molecule has 2 amide bonds. The molecule has 0 bridgehead atoms. The molecule has 134 valence electrons. The van der Waals surface area contributed by atoms with Gasteiger partial charge in [-0.1, -0.05) is 30.3 Å². The minimum atomic E-state index is -0.0445. The Kier molecular flexibility index (Phi) is 4.97. The van der Waals surface area contributed by atoms with Crippen LogP contribution in [0, 0.1) is 13.8 Å². The molecule has 25 heavy (non-hydrogen) atoms. The first-order chi connectivity index (χ1) is 12.0. The van der Waals surface area contributed by atoms with Gasteiger partial charge in [0, 0.05) is 37.9 Å². The van der Waals surface area contributed by atoms with E-state index in [4.69, 9.17) is 4.52 Å². The molecule has 3 rings (SSSR count). The Hall–Kier alpha value is -2.50. The Morgan fingerprint density at radius 3 is 2.80 bits per heavy atom. The smallest absolute Gasteiger partial charge is 0.318 e. The predicted octanol–water partition coefficient (Wildman–Crippen LogP) is 3.23. The van der Waals surface area contributed by atoms with E-state index < -0.39 is 0 Å². The maximum Gasteiger partial charge on any atom is 0.318 e. The Labute approximate surface area is 148 Å². The fraction of sp³-hybridized carbons (Fsp3) is 0.474. The zero-order valence-corrected chi connectivity index (χ0v) is 15.4. The van der Waals surface area contributed by atoms with Gasteiger partial charge in [-0.2, -0.15) is 0 Å². The van der Waals surface area contributed by atoms with E-state index in [0.29, 0.717) is 13.1 Å². The number of aryl methyl sites for hydroxylation is 2. The number of rotatable bonds is 3. The van der Waals surface area contributed by atoms with Crippen LogP contribution in [0.3, 0.4) is 0 Å². The summed E-state index contributed by atoms with van der Waals surface area (Å²) in [5, 5.41) is 6.99. The first-order valence-corrected chi connectivity index (χ1v) is 8.76. The molecule has 6 heteroatoms. The van der Waals surface area contributed by atoms with Crippen LogP contribution in [0.4, 0.5) is 10.5 Å². The van der Waals surface area contributed by atoms with Gasteiger partial charge in [-0.25, -0.2) is 4.79 Å². The molecule has 0 saturated carbocycles. The Bertz CT molecular complexity index is 736. The van der Waals surface area contributed by atoms with Gasteiger partial charge in [-0.3, -0.25) is 0 Å². The number of aromatic nitrogens is 1. The monoisotopic (exact) mass is 342 g/mol. The van der Waals surface area contributed by atoms with Crippen LogP contribution in [0.1, 0.15) is 35.9 Å². The van der Waals surface area contributed by atoms with Crippen LogP contribution in [0.5, 0.6) is 0 Å². The van der Waals surface area contributed by atoms with Crippen LogP contribution >= 0.6 is 0 Å². The van der Waals surface area contributed by atoms with Crippen LogP contribution in [0.25, 0.3) is 0 Å². The second-order valence-corrected chi connectivity index (χ2v) is 6.66. The molecule has 1 N–H and O–H groups in total. The van der Waals surface area contributed by atoms with Gasteiger partial charge in [0.1, 0.15) is 5.76 Å². The van der Waals surface area contributed by atoms with Crippen molar-refractivity contribution >= 4 is 11.7 Å². The molecule has 6 nitrogen and oxygen atoms in total. The number of amides is 2. The summed E-state index contributed by atoms with van der Waals surface area (Å²) in [6.45, 7) is 7.77. The number of carbonyl (C=O) groups excluding carboxylic acids is 1. The van der Waals surface area contributed by atoms with Crippen molar-refractivity contribution in [2.45, 2.75) is 46.3 Å². The van der Waals surface area contributed by atoms with Crippen molar-refractivity contribution < 1.29 is 9.32 Å². The number of nitrogens with zero attached hydrogens (tertiary/aromatic N) is 3. The Morgan fingerprint density at radius 2 is 2.12 bits per heavy atom. The van der Waals surface area contributed by atoms with Gasteiger partial charge >= 0.3 is 6.03 Å². The number of urea groups is 1. The van der Waals surface area contributed by atoms with Crippen molar-refractivity contribution in [3.8, 4) is 0 Å². The van der Waals surface area contributed by atoms with E-state index in [1.54, 1.807) is 0 Å². The van der Waals surface area contributed by atoms with Crippen LogP contribution in [-0.4, -0.2) is 35.7 Å². The Balaban J connectivity index is 1.78. The van der Waals surface area contributed by atoms with Crippen molar-refractivity contribution in [3.05, 3.63) is 46.8 Å². The maximum atomic E-state index is 12.9. The molecule has 1 aliphatic heterocycles. The molecular weight excluding hydrogens is 316 g/mol. The highest BCUT2D eigenvalue weighted by molar-refractivity contribution is 5.75. The minimum Gasteiger partial charge on any atom is -0.372 e. The number of anilines is 1. The van der Waals surface area contributed by atoms with Gasteiger partial charge in [0.2, 0.25) is 0 Å². The lowest BCUT2D eigenvalue weighted by atomic mass is 10.1. The number of likely N-dealkylation sites (N-methyl/N-ethyl adjacent to an activating group) is 1. The van der Waals surface area contributed by atoms with Crippen molar-refractivity contribution in [1.29, 1.82) is 0 Å². The number of fused-ring (bicyclic) bond motifs is 1. The molecule has 0 fully saturated rings. The quantitative estimate of drug-likeness (QED) is 0.930. The lowest BCUT2D eigenvalue weighted by Gasteiger charge is -2.30. The highest BCUT2D eigenvalue weighted by atomic mass is 16.5. The molecule has 1 aliphatic rings. The van der Waals surface area contributed by atoms with Gasteiger partial charge in [-0.05, 0) is 31.9 Å². The molecule has 0 radical (unpaired) electrons. The first kappa shape index (κ1) is 17.3. The number of hydrogen-bond acceptors (Lipinski definition) is 4. The van der Waals surface area contributed by atoms with Gasteiger partial charge < -0.3 is 19.6 Å². The van der Waals surface area contributed by atoms with E-state index in [0.717, 1.165) is 30.0 Å². The highest BCUT2D eigenvalue weighted by Gasteiger charge is 2.28. The standard InChI is InChI=1S/C19H26N4O2/c1-5-16-12-22(4)18-9-7-6-8-15(18)11-23(16)19(24)20-10-17-13(2)21-25-14(17)3/h6-9,16H,5,10-12H2,1-4H3,(H,20,24). The van der Waals surface area contributed by atoms with Gasteiger partial charge in [0.15, 0.2) is 0 Å². The molecule has 1 unspecified atom stereocenters.